The Morgan fingerprint density at radius 3 is 2.16 bits per heavy atom. The maximum atomic E-state index is 5.04. The van der Waals surface area contributed by atoms with Crippen LogP contribution in [-0.2, 0) is 6.42 Å². The second-order valence-electron chi connectivity index (χ2n) is 12.4. The van der Waals surface area contributed by atoms with Gasteiger partial charge in [-0.1, -0.05) is 92.6 Å². The lowest BCUT2D eigenvalue weighted by atomic mass is 9.46. The molecule has 1 aliphatic heterocycles. The van der Waals surface area contributed by atoms with E-state index in [4.69, 9.17) is 4.98 Å². The summed E-state index contributed by atoms with van der Waals surface area (Å²) in [4.78, 5) is 5.04. The Labute approximate surface area is 225 Å². The van der Waals surface area contributed by atoms with Crippen molar-refractivity contribution in [1.29, 1.82) is 0 Å². The number of fused-ring (bicyclic) bond motifs is 6. The third-order valence-corrected chi connectivity index (χ3v) is 8.50. The number of pyridine rings is 1. The van der Waals surface area contributed by atoms with Crippen LogP contribution in [0.4, 0.5) is 0 Å². The molecule has 0 spiro atoms. The number of nitrogens with zero attached hydrogens (tertiary/aromatic N) is 2. The van der Waals surface area contributed by atoms with Crippen LogP contribution in [0.5, 0.6) is 0 Å². The molecular formula is C35H33BN2. The number of benzene rings is 4. The Morgan fingerprint density at radius 1 is 0.763 bits per heavy atom. The van der Waals surface area contributed by atoms with Crippen molar-refractivity contribution in [2.45, 2.75) is 48.0 Å². The molecule has 0 fully saturated rings. The summed E-state index contributed by atoms with van der Waals surface area (Å²) >= 11 is 0. The molecular weight excluding hydrogens is 459 g/mol. The Balaban J connectivity index is 1.69. The van der Waals surface area contributed by atoms with E-state index in [9.17, 15) is 0 Å². The predicted molar refractivity (Wildman–Crippen MR) is 164 cm³/mol. The first-order valence-corrected chi connectivity index (χ1v) is 13.7. The highest BCUT2D eigenvalue weighted by Crippen LogP contribution is 2.41. The lowest BCUT2D eigenvalue weighted by Crippen LogP contribution is -2.53. The van der Waals surface area contributed by atoms with Crippen LogP contribution in [0.3, 0.4) is 0 Å². The second-order valence-corrected chi connectivity index (χ2v) is 12.4. The van der Waals surface area contributed by atoms with Crippen LogP contribution in [0.15, 0.2) is 79.0 Å². The predicted octanol–water partition coefficient (Wildman–Crippen LogP) is 7.49. The molecule has 0 N–H and O–H groups in total. The number of hydrogen-bond acceptors (Lipinski definition) is 1. The third-order valence-electron chi connectivity index (χ3n) is 8.50. The molecule has 7 rings (SSSR count). The molecule has 0 amide bonds. The molecule has 0 aliphatic carbocycles. The number of aryl methyl sites for hydroxylation is 3. The first-order chi connectivity index (χ1) is 18.2. The van der Waals surface area contributed by atoms with E-state index in [1.165, 1.54) is 71.3 Å². The highest BCUT2D eigenvalue weighted by Gasteiger charge is 2.37. The van der Waals surface area contributed by atoms with Gasteiger partial charge in [0.05, 0.1) is 11.2 Å². The van der Waals surface area contributed by atoms with Crippen molar-refractivity contribution >= 4 is 50.4 Å². The molecule has 0 saturated heterocycles. The summed E-state index contributed by atoms with van der Waals surface area (Å²) in [5.41, 5.74) is 13.4. The van der Waals surface area contributed by atoms with Crippen molar-refractivity contribution in [2.75, 3.05) is 0 Å². The van der Waals surface area contributed by atoms with Gasteiger partial charge >= 0.3 is 6.85 Å². The van der Waals surface area contributed by atoms with E-state index in [2.05, 4.69) is 119 Å². The monoisotopic (exact) mass is 492 g/mol. The Morgan fingerprint density at radius 2 is 1.45 bits per heavy atom. The highest BCUT2D eigenvalue weighted by molar-refractivity contribution is 6.87. The maximum Gasteiger partial charge on any atom is 0.329 e. The highest BCUT2D eigenvalue weighted by atomic mass is 14.9. The van der Waals surface area contributed by atoms with Gasteiger partial charge in [-0.25, -0.2) is 0 Å². The zero-order chi connectivity index (χ0) is 26.3. The van der Waals surface area contributed by atoms with Gasteiger partial charge in [0.15, 0.2) is 0 Å². The molecule has 2 aromatic heterocycles. The topological polar surface area (TPSA) is 17.8 Å². The first kappa shape index (κ1) is 23.3. The van der Waals surface area contributed by atoms with Crippen molar-refractivity contribution in [1.82, 2.24) is 9.46 Å². The van der Waals surface area contributed by atoms with Gasteiger partial charge in [-0.15, -0.1) is 0 Å². The molecule has 0 saturated carbocycles. The van der Waals surface area contributed by atoms with Gasteiger partial charge in [-0.3, -0.25) is 4.98 Å². The zero-order valence-electron chi connectivity index (χ0n) is 23.2. The molecule has 186 valence electrons. The van der Waals surface area contributed by atoms with Crippen LogP contribution in [0.25, 0.3) is 43.8 Å². The van der Waals surface area contributed by atoms with Gasteiger partial charge in [0.25, 0.3) is 0 Å². The summed E-state index contributed by atoms with van der Waals surface area (Å²) < 4.78 is 2.64. The summed E-state index contributed by atoms with van der Waals surface area (Å²) in [7, 11) is 0. The smallest absolute Gasteiger partial charge is 0.329 e. The molecule has 6 aromatic rings. The van der Waals surface area contributed by atoms with E-state index in [0.29, 0.717) is 0 Å². The number of rotatable bonds is 2. The molecule has 1 aliphatic rings. The minimum absolute atomic E-state index is 0.0797. The van der Waals surface area contributed by atoms with Crippen LogP contribution in [-0.4, -0.2) is 16.3 Å². The number of aromatic nitrogens is 2. The molecule has 0 atom stereocenters. The summed E-state index contributed by atoms with van der Waals surface area (Å²) in [5.74, 6) is 0. The Bertz CT molecular complexity index is 1900. The van der Waals surface area contributed by atoms with Gasteiger partial charge in [-0.05, 0) is 83.1 Å². The molecule has 38 heavy (non-hydrogen) atoms. The second kappa shape index (κ2) is 8.08. The number of hydrogen-bond donors (Lipinski definition) is 0. The molecule has 0 bridgehead atoms. The van der Waals surface area contributed by atoms with Crippen LogP contribution in [0.2, 0.25) is 0 Å². The average molecular weight is 492 g/mol. The molecule has 0 radical (unpaired) electrons. The molecule has 2 nitrogen and oxygen atoms in total. The van der Waals surface area contributed by atoms with Crippen LogP contribution < -0.4 is 10.9 Å². The van der Waals surface area contributed by atoms with E-state index < -0.39 is 0 Å². The standard InChI is InChI=1S/C35H33BN2/c1-21-10-9-11-22(2)31(21)36-30-19-25-13-8-7-12-24(25)18-29(30)32-34-28(16-17-37-32)27-15-14-26(20-35(4,5)6)23(3)33(27)38(34)36/h7-19H,20H2,1-6H3. The third kappa shape index (κ3) is 3.31. The van der Waals surface area contributed by atoms with Crippen LogP contribution in [0.1, 0.15) is 43.0 Å². The van der Waals surface area contributed by atoms with Crippen molar-refractivity contribution < 1.29 is 0 Å². The fraction of sp³-hybridized carbons (Fsp3) is 0.229. The SMILES string of the molecule is Cc1cccc(C)c1B1c2cc3ccccc3cc2-c2nccc3c4ccc(CC(C)(C)C)c(C)c4n1c23. The Kier molecular flexibility index (Phi) is 4.95. The fourth-order valence-corrected chi connectivity index (χ4v) is 6.89. The van der Waals surface area contributed by atoms with Crippen molar-refractivity contribution in [3.8, 4) is 11.3 Å². The van der Waals surface area contributed by atoms with Crippen molar-refractivity contribution in [2.24, 2.45) is 5.41 Å². The van der Waals surface area contributed by atoms with Gasteiger partial charge in [0, 0.05) is 22.5 Å². The van der Waals surface area contributed by atoms with Crippen molar-refractivity contribution in [3.63, 3.8) is 0 Å². The zero-order valence-corrected chi connectivity index (χ0v) is 23.2. The fourth-order valence-electron chi connectivity index (χ4n) is 6.89. The van der Waals surface area contributed by atoms with Crippen molar-refractivity contribution in [3.05, 3.63) is 101 Å². The lowest BCUT2D eigenvalue weighted by molar-refractivity contribution is 0.410. The molecule has 0 unspecified atom stereocenters. The minimum atomic E-state index is 0.0797. The van der Waals surface area contributed by atoms with Gasteiger partial charge < -0.3 is 4.48 Å². The lowest BCUT2D eigenvalue weighted by Gasteiger charge is -2.30. The van der Waals surface area contributed by atoms with Crippen LogP contribution >= 0.6 is 0 Å². The van der Waals surface area contributed by atoms with Crippen LogP contribution in [0, 0.1) is 26.2 Å². The van der Waals surface area contributed by atoms with E-state index in [1.807, 2.05) is 6.20 Å². The van der Waals surface area contributed by atoms with E-state index in [1.54, 1.807) is 0 Å². The Hall–Kier alpha value is -3.85. The summed E-state index contributed by atoms with van der Waals surface area (Å²) in [5, 5.41) is 5.16. The quantitative estimate of drug-likeness (QED) is 0.229. The summed E-state index contributed by atoms with van der Waals surface area (Å²) in [6.45, 7) is 13.9. The average Bonchev–Trinajstić information content (AvgIpc) is 3.21. The normalized spacial score (nSPS) is 13.1. The van der Waals surface area contributed by atoms with E-state index in [0.717, 1.165) is 12.1 Å². The maximum absolute atomic E-state index is 5.04. The van der Waals surface area contributed by atoms with Gasteiger partial charge in [0.2, 0.25) is 0 Å². The first-order valence-electron chi connectivity index (χ1n) is 13.7. The van der Waals surface area contributed by atoms with E-state index >= 15 is 0 Å². The molecule has 4 aromatic carbocycles. The minimum Gasteiger partial charge on any atom is -0.374 e. The summed E-state index contributed by atoms with van der Waals surface area (Å²) in [6.07, 6.45) is 3.05. The van der Waals surface area contributed by atoms with Gasteiger partial charge in [0.1, 0.15) is 0 Å². The molecule has 3 heteroatoms. The molecule has 3 heterocycles. The summed E-state index contributed by atoms with van der Waals surface area (Å²) in [6, 6.07) is 27.2. The van der Waals surface area contributed by atoms with Gasteiger partial charge in [-0.2, -0.15) is 0 Å². The van der Waals surface area contributed by atoms with E-state index in [-0.39, 0.29) is 12.3 Å². The largest absolute Gasteiger partial charge is 0.374 e.